The van der Waals surface area contributed by atoms with Crippen LogP contribution >= 0.6 is 11.3 Å². The Labute approximate surface area is 153 Å². The Morgan fingerprint density at radius 3 is 2.84 bits per heavy atom. The average molecular weight is 365 g/mol. The Morgan fingerprint density at radius 1 is 1.32 bits per heavy atom. The van der Waals surface area contributed by atoms with Gasteiger partial charge >= 0.3 is 0 Å². The molecule has 1 aromatic carbocycles. The molecule has 2 rings (SSSR count). The predicted molar refractivity (Wildman–Crippen MR) is 106 cm³/mol. The highest BCUT2D eigenvalue weighted by molar-refractivity contribution is 7.19. The summed E-state index contributed by atoms with van der Waals surface area (Å²) in [5.41, 5.74) is 0. The average Bonchev–Trinajstić information content (AvgIpc) is 3.06. The lowest BCUT2D eigenvalue weighted by Gasteiger charge is -2.18. The maximum Gasteiger partial charge on any atom is 0.191 e. The number of fused-ring (bicyclic) bond motifs is 1. The van der Waals surface area contributed by atoms with Gasteiger partial charge in [0.25, 0.3) is 0 Å². The summed E-state index contributed by atoms with van der Waals surface area (Å²) in [5, 5.41) is 18.0. The molecule has 0 spiro atoms. The molecule has 0 radical (unpaired) electrons. The zero-order chi connectivity index (χ0) is 18.1. The third-order valence-corrected chi connectivity index (χ3v) is 5.14. The van der Waals surface area contributed by atoms with E-state index in [1.807, 2.05) is 18.2 Å². The van der Waals surface area contributed by atoms with Gasteiger partial charge in [-0.05, 0) is 24.6 Å². The minimum Gasteiger partial charge on any atom is -0.386 e. The second kappa shape index (κ2) is 10.4. The Hall–Kier alpha value is -1.67. The lowest BCUT2D eigenvalue weighted by atomic mass is 10.2. The van der Waals surface area contributed by atoms with E-state index in [0.717, 1.165) is 31.1 Å². The van der Waals surface area contributed by atoms with Crippen molar-refractivity contribution < 1.29 is 9.84 Å². The number of aliphatic hydroxyl groups is 1. The van der Waals surface area contributed by atoms with Crippen LogP contribution in [0.5, 0.6) is 0 Å². The quantitative estimate of drug-likeness (QED) is 0.467. The molecule has 25 heavy (non-hydrogen) atoms. The fourth-order valence-electron chi connectivity index (χ4n) is 2.41. The SMILES string of the molecule is CN=C(NCCN(C)CCOC)NCC(O)c1cc2ccccc2s1. The first kappa shape index (κ1) is 19.7. The molecule has 138 valence electrons. The van der Waals surface area contributed by atoms with Gasteiger partial charge in [0.15, 0.2) is 5.96 Å². The lowest BCUT2D eigenvalue weighted by Crippen LogP contribution is -2.42. The fourth-order valence-corrected chi connectivity index (χ4v) is 3.46. The maximum atomic E-state index is 10.4. The van der Waals surface area contributed by atoms with E-state index in [4.69, 9.17) is 4.74 Å². The number of hydrogen-bond donors (Lipinski definition) is 3. The van der Waals surface area contributed by atoms with E-state index in [1.165, 1.54) is 10.1 Å². The Balaban J connectivity index is 1.76. The van der Waals surface area contributed by atoms with E-state index in [-0.39, 0.29) is 0 Å². The molecule has 7 heteroatoms. The number of nitrogens with one attached hydrogen (secondary N) is 2. The summed E-state index contributed by atoms with van der Waals surface area (Å²) in [7, 11) is 5.50. The van der Waals surface area contributed by atoms with E-state index >= 15 is 0 Å². The third kappa shape index (κ3) is 6.28. The molecule has 0 aliphatic rings. The first-order valence-corrected chi connectivity index (χ1v) is 9.24. The number of rotatable bonds is 9. The summed E-state index contributed by atoms with van der Waals surface area (Å²) in [4.78, 5) is 7.35. The van der Waals surface area contributed by atoms with E-state index in [9.17, 15) is 5.11 Å². The molecule has 1 aromatic heterocycles. The van der Waals surface area contributed by atoms with Crippen molar-refractivity contribution in [1.82, 2.24) is 15.5 Å². The number of thiophene rings is 1. The molecule has 2 aromatic rings. The zero-order valence-electron chi connectivity index (χ0n) is 15.2. The summed E-state index contributed by atoms with van der Waals surface area (Å²) in [6, 6.07) is 10.2. The minimum absolute atomic E-state index is 0.423. The fraction of sp³-hybridized carbons (Fsp3) is 0.500. The van der Waals surface area contributed by atoms with E-state index in [0.29, 0.717) is 12.5 Å². The van der Waals surface area contributed by atoms with Gasteiger partial charge in [-0.2, -0.15) is 0 Å². The summed E-state index contributed by atoms with van der Waals surface area (Å²) < 4.78 is 6.26. The highest BCUT2D eigenvalue weighted by atomic mass is 32.1. The number of nitrogens with zero attached hydrogens (tertiary/aromatic N) is 2. The van der Waals surface area contributed by atoms with Gasteiger partial charge in [-0.25, -0.2) is 0 Å². The highest BCUT2D eigenvalue weighted by Crippen LogP contribution is 2.29. The monoisotopic (exact) mass is 364 g/mol. The largest absolute Gasteiger partial charge is 0.386 e. The molecule has 0 aliphatic heterocycles. The van der Waals surface area contributed by atoms with Gasteiger partial charge in [0, 0.05) is 49.9 Å². The number of hydrogen-bond acceptors (Lipinski definition) is 5. The van der Waals surface area contributed by atoms with Crippen LogP contribution in [-0.2, 0) is 4.74 Å². The topological polar surface area (TPSA) is 69.1 Å². The third-order valence-electron chi connectivity index (χ3n) is 3.92. The van der Waals surface area contributed by atoms with Gasteiger partial charge in [0.05, 0.1) is 6.61 Å². The van der Waals surface area contributed by atoms with Gasteiger partial charge in [0.2, 0.25) is 0 Å². The second-order valence-corrected chi connectivity index (χ2v) is 6.99. The zero-order valence-corrected chi connectivity index (χ0v) is 16.0. The molecule has 0 aliphatic carbocycles. The van der Waals surface area contributed by atoms with Crippen molar-refractivity contribution in [1.29, 1.82) is 0 Å². The van der Waals surface area contributed by atoms with Crippen molar-refractivity contribution in [2.45, 2.75) is 6.10 Å². The van der Waals surface area contributed by atoms with Gasteiger partial charge in [-0.3, -0.25) is 4.99 Å². The first-order valence-electron chi connectivity index (χ1n) is 8.42. The molecule has 1 unspecified atom stereocenters. The number of likely N-dealkylation sites (N-methyl/N-ethyl adjacent to an activating group) is 1. The summed E-state index contributed by atoms with van der Waals surface area (Å²) in [6.45, 7) is 3.72. The predicted octanol–water partition coefficient (Wildman–Crippen LogP) is 1.68. The van der Waals surface area contributed by atoms with Crippen LogP contribution in [-0.4, -0.2) is 70.0 Å². The van der Waals surface area contributed by atoms with E-state index in [1.54, 1.807) is 25.5 Å². The normalized spacial score (nSPS) is 13.4. The van der Waals surface area contributed by atoms with Gasteiger partial charge in [-0.15, -0.1) is 11.3 Å². The Bertz CT molecular complexity index is 641. The molecular weight excluding hydrogens is 336 g/mol. The van der Waals surface area contributed by atoms with Crippen molar-refractivity contribution in [3.63, 3.8) is 0 Å². The molecule has 0 saturated carbocycles. The highest BCUT2D eigenvalue weighted by Gasteiger charge is 2.12. The maximum absolute atomic E-state index is 10.4. The molecule has 1 atom stereocenters. The van der Waals surface area contributed by atoms with Crippen LogP contribution < -0.4 is 10.6 Å². The second-order valence-electron chi connectivity index (χ2n) is 5.88. The molecule has 0 amide bonds. The molecule has 0 saturated heterocycles. The number of ether oxygens (including phenoxy) is 1. The molecule has 0 fully saturated rings. The van der Waals surface area contributed by atoms with Gasteiger partial charge < -0.3 is 25.4 Å². The van der Waals surface area contributed by atoms with Crippen molar-refractivity contribution >= 4 is 27.4 Å². The molecule has 3 N–H and O–H groups in total. The van der Waals surface area contributed by atoms with E-state index in [2.05, 4.69) is 39.7 Å². The van der Waals surface area contributed by atoms with Crippen molar-refractivity contribution in [2.24, 2.45) is 4.99 Å². The van der Waals surface area contributed by atoms with Crippen LogP contribution in [0.25, 0.3) is 10.1 Å². The first-order chi connectivity index (χ1) is 12.1. The van der Waals surface area contributed by atoms with Crippen LogP contribution in [0, 0.1) is 0 Å². The lowest BCUT2D eigenvalue weighted by molar-refractivity contribution is 0.162. The molecule has 1 heterocycles. The van der Waals surface area contributed by atoms with Crippen LogP contribution in [0.4, 0.5) is 0 Å². The number of aliphatic imine (C=N–C) groups is 1. The minimum atomic E-state index is -0.555. The number of guanidine groups is 1. The standard InChI is InChI=1S/C18H28N4O2S/c1-19-18(20-8-9-22(2)10-11-24-3)21-13-15(23)17-12-14-6-4-5-7-16(14)25-17/h4-7,12,15,23H,8-11,13H2,1-3H3,(H2,19,20,21). The van der Waals surface area contributed by atoms with Crippen molar-refractivity contribution in [2.75, 3.05) is 54.0 Å². The molecule has 6 nitrogen and oxygen atoms in total. The van der Waals surface area contributed by atoms with E-state index < -0.39 is 6.10 Å². The summed E-state index contributed by atoms with van der Waals surface area (Å²) in [6.07, 6.45) is -0.555. The number of aliphatic hydroxyl groups excluding tert-OH is 1. The molecule has 0 bridgehead atoms. The summed E-state index contributed by atoms with van der Waals surface area (Å²) >= 11 is 1.63. The Kier molecular flexibility index (Phi) is 8.14. The number of benzene rings is 1. The number of methoxy groups -OCH3 is 1. The smallest absolute Gasteiger partial charge is 0.191 e. The van der Waals surface area contributed by atoms with Crippen LogP contribution in [0.1, 0.15) is 11.0 Å². The summed E-state index contributed by atoms with van der Waals surface area (Å²) in [5.74, 6) is 0.695. The van der Waals surface area contributed by atoms with Gasteiger partial charge in [-0.1, -0.05) is 18.2 Å². The Morgan fingerprint density at radius 2 is 2.12 bits per heavy atom. The van der Waals surface area contributed by atoms with Crippen molar-refractivity contribution in [3.05, 3.63) is 35.2 Å². The molecular formula is C18H28N4O2S. The van der Waals surface area contributed by atoms with Crippen LogP contribution in [0.2, 0.25) is 0 Å². The van der Waals surface area contributed by atoms with Gasteiger partial charge in [0.1, 0.15) is 6.10 Å². The van der Waals surface area contributed by atoms with Crippen molar-refractivity contribution in [3.8, 4) is 0 Å². The van der Waals surface area contributed by atoms with Crippen LogP contribution in [0.15, 0.2) is 35.3 Å². The van der Waals surface area contributed by atoms with Crippen LogP contribution in [0.3, 0.4) is 0 Å².